The third kappa shape index (κ3) is 7.44. The molecule has 2 N–H and O–H groups in total. The number of amides is 2. The van der Waals surface area contributed by atoms with Crippen LogP contribution in [0.15, 0.2) is 30.6 Å². The molecule has 0 saturated heterocycles. The summed E-state index contributed by atoms with van der Waals surface area (Å²) in [5.74, 6) is -0.534. The number of ether oxygens (including phenoxy) is 1. The normalized spacial score (nSPS) is 11.4. The van der Waals surface area contributed by atoms with Crippen molar-refractivity contribution in [2.45, 2.75) is 33.0 Å². The highest BCUT2D eigenvalue weighted by molar-refractivity contribution is 5.86. The number of rotatable bonds is 9. The molecule has 0 radical (unpaired) electrons. The Hall–Kier alpha value is -3.70. The number of aryl methyl sites for hydroxylation is 1. The number of hydrogen-bond acceptors (Lipinski definition) is 6. The number of fused-ring (bicyclic) bond motifs is 1. The van der Waals surface area contributed by atoms with Crippen LogP contribution in [0.4, 0.5) is 13.2 Å². The van der Waals surface area contributed by atoms with E-state index < -0.39 is 12.8 Å². The lowest BCUT2D eigenvalue weighted by atomic mass is 10.2. The smallest absolute Gasteiger partial charge is 0.422 e. The lowest BCUT2D eigenvalue weighted by molar-refractivity contribution is -0.154. The second-order valence-electron chi connectivity index (χ2n) is 7.39. The highest BCUT2D eigenvalue weighted by Gasteiger charge is 2.28. The molecule has 0 saturated carbocycles. The van der Waals surface area contributed by atoms with Crippen molar-refractivity contribution in [1.29, 1.82) is 0 Å². The van der Waals surface area contributed by atoms with E-state index in [1.54, 1.807) is 36.1 Å². The zero-order valence-electron chi connectivity index (χ0n) is 18.1. The van der Waals surface area contributed by atoms with Crippen LogP contribution in [0.5, 0.6) is 5.88 Å². The van der Waals surface area contributed by atoms with E-state index in [0.717, 1.165) is 0 Å². The minimum absolute atomic E-state index is 0.0346. The largest absolute Gasteiger partial charge is 0.468 e. The summed E-state index contributed by atoms with van der Waals surface area (Å²) in [6, 6.07) is 4.88. The Labute approximate surface area is 187 Å². The first kappa shape index (κ1) is 24.0. The lowest BCUT2D eigenvalue weighted by Gasteiger charge is -2.10. The standard InChI is InChI=1S/C21H23F3N6O3/c1-13-7-15(8-20(28-13)33-12-21(22,23)24)10-30-11-16-17(29-30)3-4-26-18(16)9-19(32)27-6-5-25-14(2)31/h3-4,7-8,11H,5-6,9-10,12H2,1-2H3,(H,25,31)(H,27,32). The molecule has 2 amide bonds. The summed E-state index contributed by atoms with van der Waals surface area (Å²) in [5, 5.41) is 10.5. The van der Waals surface area contributed by atoms with Crippen LogP contribution in [-0.4, -0.2) is 57.4 Å². The highest BCUT2D eigenvalue weighted by atomic mass is 19.4. The van der Waals surface area contributed by atoms with Crippen LogP contribution in [-0.2, 0) is 22.6 Å². The fourth-order valence-corrected chi connectivity index (χ4v) is 3.14. The summed E-state index contributed by atoms with van der Waals surface area (Å²) < 4.78 is 43.7. The van der Waals surface area contributed by atoms with Crippen LogP contribution in [0.25, 0.3) is 10.9 Å². The van der Waals surface area contributed by atoms with Crippen molar-refractivity contribution in [3.8, 4) is 5.88 Å². The van der Waals surface area contributed by atoms with Gasteiger partial charge in [-0.1, -0.05) is 0 Å². The molecule has 0 aromatic carbocycles. The number of carbonyl (C=O) groups excluding carboxylic acids is 2. The molecule has 0 aliphatic carbocycles. The molecule has 9 nitrogen and oxygen atoms in total. The van der Waals surface area contributed by atoms with Crippen molar-refractivity contribution < 1.29 is 27.5 Å². The first-order valence-electron chi connectivity index (χ1n) is 10.1. The van der Waals surface area contributed by atoms with Gasteiger partial charge in [-0.3, -0.25) is 19.3 Å². The summed E-state index contributed by atoms with van der Waals surface area (Å²) in [5.41, 5.74) is 2.35. The van der Waals surface area contributed by atoms with Crippen LogP contribution in [0.1, 0.15) is 23.9 Å². The quantitative estimate of drug-likeness (QED) is 0.468. The number of carbonyl (C=O) groups is 2. The maximum atomic E-state index is 12.4. The van der Waals surface area contributed by atoms with Crippen molar-refractivity contribution in [3.63, 3.8) is 0 Å². The van der Waals surface area contributed by atoms with E-state index >= 15 is 0 Å². The lowest BCUT2D eigenvalue weighted by Crippen LogP contribution is -2.34. The zero-order chi connectivity index (χ0) is 24.0. The number of nitrogens with zero attached hydrogens (tertiary/aromatic N) is 4. The molecule has 0 aliphatic heterocycles. The van der Waals surface area contributed by atoms with Crippen molar-refractivity contribution in [2.24, 2.45) is 0 Å². The molecule has 0 unspecified atom stereocenters. The van der Waals surface area contributed by atoms with Crippen LogP contribution >= 0.6 is 0 Å². The second kappa shape index (κ2) is 10.3. The fourth-order valence-electron chi connectivity index (χ4n) is 3.14. The Morgan fingerprint density at radius 3 is 2.67 bits per heavy atom. The van der Waals surface area contributed by atoms with E-state index in [2.05, 4.69) is 25.7 Å². The molecule has 12 heteroatoms. The Bertz CT molecular complexity index is 1150. The van der Waals surface area contributed by atoms with E-state index in [-0.39, 0.29) is 30.7 Å². The molecule has 0 aliphatic rings. The summed E-state index contributed by atoms with van der Waals surface area (Å²) in [6.07, 6.45) is -1.13. The molecule has 3 heterocycles. The minimum Gasteiger partial charge on any atom is -0.468 e. The predicted octanol–water partition coefficient (Wildman–Crippen LogP) is 1.92. The molecule has 3 aromatic heterocycles. The number of pyridine rings is 2. The van der Waals surface area contributed by atoms with Crippen LogP contribution in [0, 0.1) is 6.92 Å². The number of halogens is 3. The molecular formula is C21H23F3N6O3. The van der Waals surface area contributed by atoms with Gasteiger partial charge in [-0.25, -0.2) is 4.98 Å². The first-order valence-corrected chi connectivity index (χ1v) is 10.1. The molecule has 3 rings (SSSR count). The van der Waals surface area contributed by atoms with Crippen molar-refractivity contribution >= 4 is 22.7 Å². The van der Waals surface area contributed by atoms with Gasteiger partial charge in [-0.05, 0) is 24.6 Å². The average Bonchev–Trinajstić information content (AvgIpc) is 3.12. The summed E-state index contributed by atoms with van der Waals surface area (Å²) in [6.45, 7) is 2.54. The van der Waals surface area contributed by atoms with Gasteiger partial charge >= 0.3 is 6.18 Å². The number of nitrogens with one attached hydrogen (secondary N) is 2. The third-order valence-electron chi connectivity index (χ3n) is 4.43. The molecular weight excluding hydrogens is 441 g/mol. The van der Waals surface area contributed by atoms with Gasteiger partial charge in [0.05, 0.1) is 24.2 Å². The van der Waals surface area contributed by atoms with Crippen LogP contribution < -0.4 is 15.4 Å². The Morgan fingerprint density at radius 2 is 1.94 bits per heavy atom. The van der Waals surface area contributed by atoms with Crippen molar-refractivity contribution in [1.82, 2.24) is 30.4 Å². The Morgan fingerprint density at radius 1 is 1.18 bits per heavy atom. The zero-order valence-corrected chi connectivity index (χ0v) is 18.1. The van der Waals surface area contributed by atoms with Crippen LogP contribution in [0.3, 0.4) is 0 Å². The average molecular weight is 464 g/mol. The van der Waals surface area contributed by atoms with Crippen molar-refractivity contribution in [3.05, 3.63) is 47.5 Å². The third-order valence-corrected chi connectivity index (χ3v) is 4.43. The molecule has 0 atom stereocenters. The number of aromatic nitrogens is 4. The molecule has 3 aromatic rings. The predicted molar refractivity (Wildman–Crippen MR) is 113 cm³/mol. The van der Waals surface area contributed by atoms with Crippen LogP contribution in [0.2, 0.25) is 0 Å². The highest BCUT2D eigenvalue weighted by Crippen LogP contribution is 2.20. The molecule has 33 heavy (non-hydrogen) atoms. The van der Waals surface area contributed by atoms with Crippen molar-refractivity contribution in [2.75, 3.05) is 19.7 Å². The van der Waals surface area contributed by atoms with Gasteiger partial charge in [0.25, 0.3) is 0 Å². The van der Waals surface area contributed by atoms with Gasteiger partial charge in [0.15, 0.2) is 6.61 Å². The van der Waals surface area contributed by atoms with Gasteiger partial charge in [-0.15, -0.1) is 0 Å². The van der Waals surface area contributed by atoms with Gasteiger partial charge in [0, 0.05) is 49.6 Å². The summed E-state index contributed by atoms with van der Waals surface area (Å²) >= 11 is 0. The van der Waals surface area contributed by atoms with Gasteiger partial charge in [0.2, 0.25) is 17.7 Å². The first-order chi connectivity index (χ1) is 15.6. The monoisotopic (exact) mass is 464 g/mol. The summed E-state index contributed by atoms with van der Waals surface area (Å²) in [7, 11) is 0. The van der Waals surface area contributed by atoms with E-state index in [4.69, 9.17) is 4.74 Å². The maximum Gasteiger partial charge on any atom is 0.422 e. The van der Waals surface area contributed by atoms with Gasteiger partial charge in [0.1, 0.15) is 0 Å². The minimum atomic E-state index is -4.45. The van der Waals surface area contributed by atoms with E-state index in [1.165, 1.54) is 13.0 Å². The number of hydrogen-bond donors (Lipinski definition) is 2. The number of alkyl halides is 3. The molecule has 0 spiro atoms. The van der Waals surface area contributed by atoms with Gasteiger partial charge in [-0.2, -0.15) is 18.3 Å². The molecule has 0 fully saturated rings. The maximum absolute atomic E-state index is 12.4. The topological polar surface area (TPSA) is 111 Å². The van der Waals surface area contributed by atoms with E-state index in [0.29, 0.717) is 40.9 Å². The Kier molecular flexibility index (Phi) is 7.46. The van der Waals surface area contributed by atoms with Gasteiger partial charge < -0.3 is 15.4 Å². The summed E-state index contributed by atoms with van der Waals surface area (Å²) in [4.78, 5) is 31.3. The second-order valence-corrected chi connectivity index (χ2v) is 7.39. The van der Waals surface area contributed by atoms with E-state index in [9.17, 15) is 22.8 Å². The molecule has 176 valence electrons. The Balaban J connectivity index is 1.70. The fraction of sp³-hybridized carbons (Fsp3) is 0.381. The van der Waals surface area contributed by atoms with E-state index in [1.807, 2.05) is 0 Å². The SMILES string of the molecule is CC(=O)NCCNC(=O)Cc1nccc2nn(Cc3cc(C)nc(OCC(F)(F)F)c3)cc12. The molecule has 0 bridgehead atoms.